The van der Waals surface area contributed by atoms with Crippen LogP contribution < -0.4 is 9.30 Å². The summed E-state index contributed by atoms with van der Waals surface area (Å²) in [6.45, 7) is 2.25. The van der Waals surface area contributed by atoms with Crippen molar-refractivity contribution in [2.75, 3.05) is 0 Å². The molecule has 2 nitrogen and oxygen atoms in total. The van der Waals surface area contributed by atoms with E-state index in [9.17, 15) is 0 Å². The zero-order chi connectivity index (χ0) is 18.5. The summed E-state index contributed by atoms with van der Waals surface area (Å²) < 4.78 is 9.30. The molecule has 0 amide bonds. The van der Waals surface area contributed by atoms with E-state index >= 15 is 0 Å². The number of aromatic nitrogens is 1. The van der Waals surface area contributed by atoms with Crippen molar-refractivity contribution in [3.8, 4) is 17.0 Å². The van der Waals surface area contributed by atoms with Crippen LogP contribution in [0.4, 0.5) is 0 Å². The third kappa shape index (κ3) is 2.71. The molecule has 2 spiro atoms. The second-order valence-electron chi connectivity index (χ2n) is 9.34. The second kappa shape index (κ2) is 6.36. The monoisotopic (exact) mass is 362 g/mol. The molecule has 2 saturated carbocycles. The molecule has 2 heterocycles. The highest BCUT2D eigenvalue weighted by atomic mass is 16.5. The Kier molecular flexibility index (Phi) is 4.07. The van der Waals surface area contributed by atoms with Crippen LogP contribution in [0.15, 0.2) is 36.5 Å². The first-order chi connectivity index (χ1) is 13.1. The molecule has 0 N–H and O–H groups in total. The van der Waals surface area contributed by atoms with Gasteiger partial charge in [-0.05, 0) is 63.5 Å². The topological polar surface area (TPSA) is 13.1 Å². The van der Waals surface area contributed by atoms with Crippen LogP contribution in [0.25, 0.3) is 11.3 Å². The van der Waals surface area contributed by atoms with Crippen molar-refractivity contribution in [3.05, 3.63) is 47.7 Å². The lowest BCUT2D eigenvalue weighted by molar-refractivity contribution is -0.660. The van der Waals surface area contributed by atoms with E-state index in [0.29, 0.717) is 5.41 Å². The van der Waals surface area contributed by atoms with Crippen LogP contribution in [0.5, 0.6) is 5.75 Å². The predicted molar refractivity (Wildman–Crippen MR) is 109 cm³/mol. The normalized spacial score (nSPS) is 22.6. The molecule has 3 aliphatic rings. The highest BCUT2D eigenvalue weighted by Crippen LogP contribution is 2.58. The smallest absolute Gasteiger partial charge is 0.216 e. The summed E-state index contributed by atoms with van der Waals surface area (Å²) in [6, 6.07) is 11.2. The number of hydrogen-bond donors (Lipinski definition) is 0. The van der Waals surface area contributed by atoms with Crippen LogP contribution >= 0.6 is 0 Å². The van der Waals surface area contributed by atoms with Gasteiger partial charge in [0, 0.05) is 23.1 Å². The molecule has 0 radical (unpaired) electrons. The number of rotatable bonds is 1. The van der Waals surface area contributed by atoms with E-state index in [1.54, 1.807) is 0 Å². The van der Waals surface area contributed by atoms with Crippen molar-refractivity contribution in [1.29, 1.82) is 0 Å². The van der Waals surface area contributed by atoms with Crippen molar-refractivity contribution in [2.45, 2.75) is 82.1 Å². The maximum atomic E-state index is 7.06. The minimum absolute atomic E-state index is 0.0749. The van der Waals surface area contributed by atoms with Crippen LogP contribution in [-0.2, 0) is 12.5 Å². The Balaban J connectivity index is 1.74. The van der Waals surface area contributed by atoms with Crippen LogP contribution in [0.1, 0.15) is 75.3 Å². The molecule has 2 aromatic rings. The molecule has 27 heavy (non-hydrogen) atoms. The third-order valence-corrected chi connectivity index (χ3v) is 7.55. The van der Waals surface area contributed by atoms with Gasteiger partial charge in [-0.3, -0.25) is 0 Å². The van der Waals surface area contributed by atoms with Crippen molar-refractivity contribution in [3.63, 3.8) is 0 Å². The summed E-state index contributed by atoms with van der Waals surface area (Å²) in [5.41, 5.74) is 5.85. The third-order valence-electron chi connectivity index (χ3n) is 7.55. The van der Waals surface area contributed by atoms with Gasteiger partial charge in [0.05, 0.1) is 5.56 Å². The molecule has 0 saturated heterocycles. The average molecular weight is 363 g/mol. The number of aryl methyl sites for hydroxylation is 2. The summed E-state index contributed by atoms with van der Waals surface area (Å²) in [7, 11) is 2.15. The van der Waals surface area contributed by atoms with Gasteiger partial charge in [-0.1, -0.05) is 31.4 Å². The lowest BCUT2D eigenvalue weighted by atomic mass is 9.64. The SMILES string of the molecule is Cc1ccc2c(c1-c1cccc[n+]1C)OC1(CCCCC1)CC21CCCC1. The van der Waals surface area contributed by atoms with E-state index in [0.717, 1.165) is 0 Å². The van der Waals surface area contributed by atoms with Crippen LogP contribution in [-0.4, -0.2) is 5.60 Å². The first-order valence-corrected chi connectivity index (χ1v) is 10.9. The molecular formula is C25H32NO+. The molecule has 2 aliphatic carbocycles. The zero-order valence-electron chi connectivity index (χ0n) is 16.9. The molecular weight excluding hydrogens is 330 g/mol. The quantitative estimate of drug-likeness (QED) is 0.586. The maximum absolute atomic E-state index is 7.06. The fourth-order valence-corrected chi connectivity index (χ4v) is 6.24. The molecule has 5 rings (SSSR count). The number of pyridine rings is 1. The highest BCUT2D eigenvalue weighted by molar-refractivity contribution is 5.73. The predicted octanol–water partition coefficient (Wildman–Crippen LogP) is 5.78. The van der Waals surface area contributed by atoms with Crippen molar-refractivity contribution >= 4 is 0 Å². The molecule has 1 aliphatic heterocycles. The van der Waals surface area contributed by atoms with E-state index < -0.39 is 0 Å². The molecule has 142 valence electrons. The van der Waals surface area contributed by atoms with Gasteiger partial charge in [-0.25, -0.2) is 4.57 Å². The number of hydrogen-bond acceptors (Lipinski definition) is 1. The van der Waals surface area contributed by atoms with Crippen LogP contribution in [0, 0.1) is 6.92 Å². The van der Waals surface area contributed by atoms with Gasteiger partial charge in [0.1, 0.15) is 18.4 Å². The Hall–Kier alpha value is -1.83. The van der Waals surface area contributed by atoms with Crippen LogP contribution in [0.2, 0.25) is 0 Å². The largest absolute Gasteiger partial charge is 0.486 e. The first kappa shape index (κ1) is 17.3. The van der Waals surface area contributed by atoms with E-state index in [1.165, 1.54) is 92.3 Å². The molecule has 1 aromatic heterocycles. The van der Waals surface area contributed by atoms with Gasteiger partial charge < -0.3 is 4.74 Å². The summed E-state index contributed by atoms with van der Waals surface area (Å²) in [4.78, 5) is 0. The van der Waals surface area contributed by atoms with Gasteiger partial charge in [0.15, 0.2) is 6.20 Å². The van der Waals surface area contributed by atoms with Gasteiger partial charge in [0.25, 0.3) is 0 Å². The number of fused-ring (bicyclic) bond motifs is 2. The maximum Gasteiger partial charge on any atom is 0.216 e. The second-order valence-corrected chi connectivity index (χ2v) is 9.34. The first-order valence-electron chi connectivity index (χ1n) is 10.9. The fraction of sp³-hybridized carbons (Fsp3) is 0.560. The van der Waals surface area contributed by atoms with Crippen LogP contribution in [0.3, 0.4) is 0 Å². The van der Waals surface area contributed by atoms with Gasteiger partial charge in [-0.2, -0.15) is 0 Å². The van der Waals surface area contributed by atoms with Gasteiger partial charge in [0.2, 0.25) is 5.69 Å². The Labute approximate surface area is 163 Å². The average Bonchev–Trinajstić information content (AvgIpc) is 3.12. The Morgan fingerprint density at radius 3 is 2.37 bits per heavy atom. The van der Waals surface area contributed by atoms with E-state index in [-0.39, 0.29) is 5.60 Å². The number of ether oxygens (including phenoxy) is 1. The number of benzene rings is 1. The van der Waals surface area contributed by atoms with Crippen molar-refractivity contribution in [1.82, 2.24) is 0 Å². The van der Waals surface area contributed by atoms with E-state index in [1.807, 2.05) is 0 Å². The lowest BCUT2D eigenvalue weighted by Gasteiger charge is -2.50. The van der Waals surface area contributed by atoms with E-state index in [4.69, 9.17) is 4.74 Å². The van der Waals surface area contributed by atoms with Crippen molar-refractivity contribution < 1.29 is 9.30 Å². The zero-order valence-corrected chi connectivity index (χ0v) is 16.9. The molecule has 2 fully saturated rings. The Morgan fingerprint density at radius 1 is 0.889 bits per heavy atom. The minimum Gasteiger partial charge on any atom is -0.486 e. The summed E-state index contributed by atoms with van der Waals surface area (Å²) in [5.74, 6) is 1.21. The van der Waals surface area contributed by atoms with Crippen molar-refractivity contribution in [2.24, 2.45) is 7.05 Å². The fourth-order valence-electron chi connectivity index (χ4n) is 6.24. The summed E-state index contributed by atoms with van der Waals surface area (Å²) in [6.07, 6.45) is 15.3. The summed E-state index contributed by atoms with van der Waals surface area (Å²) >= 11 is 0. The standard InChI is InChI=1S/C25H32NO/c1-19-11-12-20-23(22(19)21-10-4-9-17-26(21)2)27-25(15-5-3-6-16-25)18-24(20)13-7-8-14-24/h4,9-12,17H,3,5-8,13-16,18H2,1-2H3/q+1. The van der Waals surface area contributed by atoms with E-state index in [2.05, 4.69) is 55.1 Å². The molecule has 0 bridgehead atoms. The molecule has 2 heteroatoms. The number of nitrogens with zero attached hydrogens (tertiary/aromatic N) is 1. The summed E-state index contributed by atoms with van der Waals surface area (Å²) in [5, 5.41) is 0. The minimum atomic E-state index is 0.0749. The lowest BCUT2D eigenvalue weighted by Crippen LogP contribution is -2.48. The highest BCUT2D eigenvalue weighted by Gasteiger charge is 2.51. The molecule has 0 unspecified atom stereocenters. The van der Waals surface area contributed by atoms with Gasteiger partial charge >= 0.3 is 0 Å². The molecule has 1 aromatic carbocycles. The van der Waals surface area contributed by atoms with Gasteiger partial charge in [-0.15, -0.1) is 0 Å². The Bertz CT molecular complexity index is 857. The molecule has 0 atom stereocenters. The Morgan fingerprint density at radius 2 is 1.63 bits per heavy atom.